The molecule has 0 bridgehead atoms. The lowest BCUT2D eigenvalue weighted by Crippen LogP contribution is -2.21. The Kier molecular flexibility index (Phi) is 5.55. The minimum Gasteiger partial charge on any atom is -0.321 e. The molecule has 4 rings (SSSR count). The van der Waals surface area contributed by atoms with Crippen molar-refractivity contribution in [1.82, 2.24) is 9.55 Å². The van der Waals surface area contributed by atoms with E-state index in [2.05, 4.69) is 10.3 Å². The van der Waals surface area contributed by atoms with E-state index in [9.17, 15) is 27.2 Å². The van der Waals surface area contributed by atoms with Gasteiger partial charge in [0.15, 0.2) is 0 Å². The Morgan fingerprint density at radius 3 is 2.62 bits per heavy atom. The molecule has 1 N–H and O–H groups in total. The number of rotatable bonds is 4. The number of nitrogens with one attached hydrogen (secondary N) is 1. The van der Waals surface area contributed by atoms with Crippen LogP contribution >= 0.6 is 11.3 Å². The molecule has 0 fully saturated rings. The highest BCUT2D eigenvalue weighted by molar-refractivity contribution is 7.20. The number of alkyl halides is 3. The van der Waals surface area contributed by atoms with E-state index in [1.54, 1.807) is 13.0 Å². The number of carbonyl (C=O) groups excluding carboxylic acids is 1. The molecule has 32 heavy (non-hydrogen) atoms. The fourth-order valence-electron chi connectivity index (χ4n) is 3.34. The molecule has 0 radical (unpaired) electrons. The molecule has 0 aliphatic heterocycles. The van der Waals surface area contributed by atoms with Crippen LogP contribution in [0.2, 0.25) is 0 Å². The number of halogens is 4. The third-order valence-corrected chi connectivity index (χ3v) is 6.04. The SMILES string of the molecule is Cc1c(C(=O)Nc2ccccc2C(F)(F)F)sc2ncn(Cc3cccc(F)c3)c(=O)c12. The summed E-state index contributed by atoms with van der Waals surface area (Å²) >= 11 is 0.918. The number of hydrogen-bond acceptors (Lipinski definition) is 4. The van der Waals surface area contributed by atoms with Gasteiger partial charge in [0.2, 0.25) is 0 Å². The summed E-state index contributed by atoms with van der Waals surface area (Å²) in [4.78, 5) is 30.3. The lowest BCUT2D eigenvalue weighted by atomic mass is 10.1. The monoisotopic (exact) mass is 461 g/mol. The predicted molar refractivity (Wildman–Crippen MR) is 114 cm³/mol. The second-order valence-corrected chi connectivity index (χ2v) is 8.04. The first kappa shape index (κ1) is 21.7. The molecule has 4 aromatic rings. The van der Waals surface area contributed by atoms with Crippen molar-refractivity contribution in [2.75, 3.05) is 5.32 Å². The summed E-state index contributed by atoms with van der Waals surface area (Å²) in [5.41, 5.74) is -0.898. The maximum atomic E-state index is 13.4. The van der Waals surface area contributed by atoms with Gasteiger partial charge in [0.05, 0.1) is 34.4 Å². The van der Waals surface area contributed by atoms with E-state index >= 15 is 0 Å². The van der Waals surface area contributed by atoms with Crippen LogP contribution in [-0.2, 0) is 12.7 Å². The minimum absolute atomic E-state index is 0.0787. The second-order valence-electron chi connectivity index (χ2n) is 7.04. The van der Waals surface area contributed by atoms with E-state index in [0.29, 0.717) is 11.1 Å². The van der Waals surface area contributed by atoms with Gasteiger partial charge in [-0.3, -0.25) is 14.2 Å². The standard InChI is InChI=1S/C22H15F4N3O2S/c1-12-17-20(27-11-29(21(17)31)10-13-5-4-6-14(23)9-13)32-18(12)19(30)28-16-8-3-2-7-15(16)22(24,25)26/h2-9,11H,10H2,1H3,(H,28,30). The third kappa shape index (κ3) is 4.13. The van der Waals surface area contributed by atoms with E-state index in [1.165, 1.54) is 41.2 Å². The number of aryl methyl sites for hydroxylation is 1. The molecule has 1 amide bonds. The number of carbonyl (C=O) groups is 1. The Balaban J connectivity index is 1.69. The van der Waals surface area contributed by atoms with Crippen molar-refractivity contribution in [2.45, 2.75) is 19.6 Å². The fourth-order valence-corrected chi connectivity index (χ4v) is 4.37. The maximum Gasteiger partial charge on any atom is 0.418 e. The van der Waals surface area contributed by atoms with E-state index in [0.717, 1.165) is 23.5 Å². The highest BCUT2D eigenvalue weighted by Gasteiger charge is 2.34. The van der Waals surface area contributed by atoms with E-state index in [-0.39, 0.29) is 27.3 Å². The molecule has 2 aromatic heterocycles. The molecule has 5 nitrogen and oxygen atoms in total. The zero-order chi connectivity index (χ0) is 23.0. The number of thiophene rings is 1. The van der Waals surface area contributed by atoms with Crippen molar-refractivity contribution in [3.63, 3.8) is 0 Å². The molecule has 10 heteroatoms. The zero-order valence-corrected chi connectivity index (χ0v) is 17.4. The second kappa shape index (κ2) is 8.19. The fraction of sp³-hybridized carbons (Fsp3) is 0.136. The summed E-state index contributed by atoms with van der Waals surface area (Å²) in [6, 6.07) is 10.4. The number of fused-ring (bicyclic) bond motifs is 1. The normalized spacial score (nSPS) is 11.7. The molecule has 0 spiro atoms. The summed E-state index contributed by atoms with van der Waals surface area (Å²) in [7, 11) is 0. The molecule has 0 atom stereocenters. The Hall–Kier alpha value is -3.53. The van der Waals surface area contributed by atoms with Crippen LogP contribution in [0.3, 0.4) is 0 Å². The molecule has 0 aliphatic rings. The number of anilines is 1. The lowest BCUT2D eigenvalue weighted by molar-refractivity contribution is -0.136. The first-order valence-corrected chi connectivity index (χ1v) is 10.2. The number of amides is 1. The van der Waals surface area contributed by atoms with Gasteiger partial charge in [-0.25, -0.2) is 9.37 Å². The number of benzene rings is 2. The van der Waals surface area contributed by atoms with Crippen molar-refractivity contribution in [3.05, 3.63) is 92.6 Å². The van der Waals surface area contributed by atoms with Crippen LogP contribution in [0.1, 0.15) is 26.4 Å². The minimum atomic E-state index is -4.63. The van der Waals surface area contributed by atoms with Gasteiger partial charge in [-0.2, -0.15) is 13.2 Å². The summed E-state index contributed by atoms with van der Waals surface area (Å²) in [6.07, 6.45) is -3.34. The quantitative estimate of drug-likeness (QED) is 0.424. The molecule has 2 aromatic carbocycles. The molecule has 0 saturated carbocycles. The average Bonchev–Trinajstić information content (AvgIpc) is 3.07. The van der Waals surface area contributed by atoms with Crippen LogP contribution in [0.25, 0.3) is 10.2 Å². The van der Waals surface area contributed by atoms with Crippen LogP contribution in [0.5, 0.6) is 0 Å². The van der Waals surface area contributed by atoms with Crippen molar-refractivity contribution in [3.8, 4) is 0 Å². The molecule has 0 saturated heterocycles. The van der Waals surface area contributed by atoms with Crippen LogP contribution in [0.15, 0.2) is 59.7 Å². The number of aromatic nitrogens is 2. The Labute approximate surface area is 183 Å². The number of hydrogen-bond donors (Lipinski definition) is 1. The van der Waals surface area contributed by atoms with E-state index < -0.39 is 29.0 Å². The first-order chi connectivity index (χ1) is 15.1. The average molecular weight is 461 g/mol. The predicted octanol–water partition coefficient (Wildman–Crippen LogP) is 5.22. The Morgan fingerprint density at radius 2 is 1.91 bits per heavy atom. The number of para-hydroxylation sites is 1. The van der Waals surface area contributed by atoms with Crippen molar-refractivity contribution in [2.24, 2.45) is 0 Å². The van der Waals surface area contributed by atoms with Crippen LogP contribution in [0, 0.1) is 12.7 Å². The third-order valence-electron chi connectivity index (χ3n) is 4.85. The first-order valence-electron chi connectivity index (χ1n) is 9.35. The Bertz CT molecular complexity index is 1390. The van der Waals surface area contributed by atoms with Crippen molar-refractivity contribution >= 4 is 33.1 Å². The van der Waals surface area contributed by atoms with Gasteiger partial charge in [-0.05, 0) is 42.3 Å². The highest BCUT2D eigenvalue weighted by Crippen LogP contribution is 2.35. The summed E-state index contributed by atoms with van der Waals surface area (Å²) in [5, 5.41) is 2.49. The van der Waals surface area contributed by atoms with Gasteiger partial charge in [0, 0.05) is 0 Å². The van der Waals surface area contributed by atoms with E-state index in [1.807, 2.05) is 0 Å². The topological polar surface area (TPSA) is 64.0 Å². The molecule has 0 unspecified atom stereocenters. The van der Waals surface area contributed by atoms with Gasteiger partial charge < -0.3 is 5.32 Å². The molecule has 0 aliphatic carbocycles. The van der Waals surface area contributed by atoms with Crippen LogP contribution in [0.4, 0.5) is 23.2 Å². The largest absolute Gasteiger partial charge is 0.418 e. The van der Waals surface area contributed by atoms with Crippen molar-refractivity contribution < 1.29 is 22.4 Å². The van der Waals surface area contributed by atoms with Crippen LogP contribution in [-0.4, -0.2) is 15.5 Å². The molecular weight excluding hydrogens is 446 g/mol. The Morgan fingerprint density at radius 1 is 1.16 bits per heavy atom. The summed E-state index contributed by atoms with van der Waals surface area (Å²) < 4.78 is 54.4. The number of nitrogens with zero attached hydrogens (tertiary/aromatic N) is 2. The van der Waals surface area contributed by atoms with Gasteiger partial charge in [-0.15, -0.1) is 11.3 Å². The maximum absolute atomic E-state index is 13.4. The smallest absolute Gasteiger partial charge is 0.321 e. The van der Waals surface area contributed by atoms with Gasteiger partial charge in [0.25, 0.3) is 11.5 Å². The lowest BCUT2D eigenvalue weighted by Gasteiger charge is -2.13. The van der Waals surface area contributed by atoms with Gasteiger partial charge >= 0.3 is 6.18 Å². The zero-order valence-electron chi connectivity index (χ0n) is 16.5. The highest BCUT2D eigenvalue weighted by atomic mass is 32.1. The van der Waals surface area contributed by atoms with E-state index in [4.69, 9.17) is 0 Å². The van der Waals surface area contributed by atoms with Crippen LogP contribution < -0.4 is 10.9 Å². The van der Waals surface area contributed by atoms with Crippen molar-refractivity contribution in [1.29, 1.82) is 0 Å². The summed E-state index contributed by atoms with van der Waals surface area (Å²) in [6.45, 7) is 1.62. The molecular formula is C22H15F4N3O2S. The molecule has 2 heterocycles. The molecule has 164 valence electrons. The summed E-state index contributed by atoms with van der Waals surface area (Å²) in [5.74, 6) is -1.20. The van der Waals surface area contributed by atoms with Gasteiger partial charge in [-0.1, -0.05) is 24.3 Å². The van der Waals surface area contributed by atoms with Gasteiger partial charge in [0.1, 0.15) is 10.6 Å².